The van der Waals surface area contributed by atoms with Crippen LogP contribution in [0.2, 0.25) is 0 Å². The first-order valence-corrected chi connectivity index (χ1v) is 11.3. The molecule has 2 aromatic carbocycles. The molecule has 1 aromatic heterocycles. The zero-order valence-corrected chi connectivity index (χ0v) is 18.9. The van der Waals surface area contributed by atoms with Crippen molar-refractivity contribution in [2.75, 3.05) is 36.8 Å². The summed E-state index contributed by atoms with van der Waals surface area (Å²) in [6, 6.07) is 13.0. The number of aromatic nitrogens is 1. The summed E-state index contributed by atoms with van der Waals surface area (Å²) in [5.74, 6) is -0.609. The minimum Gasteiger partial charge on any atom is -0.336 e. The first-order chi connectivity index (χ1) is 15.4. The number of nitrogens with zero attached hydrogens (tertiary/aromatic N) is 3. The number of hydrogen-bond acceptors (Lipinski definition) is 6. The Bertz CT molecular complexity index is 1100. The van der Waals surface area contributed by atoms with Gasteiger partial charge >= 0.3 is 0 Å². The molecule has 1 saturated heterocycles. The monoisotopic (exact) mass is 451 g/mol. The van der Waals surface area contributed by atoms with E-state index in [1.807, 2.05) is 18.2 Å². The summed E-state index contributed by atoms with van der Waals surface area (Å²) < 4.78 is 1.19. The predicted octanol–water partition coefficient (Wildman–Crippen LogP) is 3.17. The Kier molecular flexibility index (Phi) is 6.48. The van der Waals surface area contributed by atoms with Crippen LogP contribution in [0.15, 0.2) is 42.5 Å². The summed E-state index contributed by atoms with van der Waals surface area (Å²) in [7, 11) is 0. The molecule has 166 valence electrons. The van der Waals surface area contributed by atoms with Crippen molar-refractivity contribution in [3.63, 3.8) is 0 Å². The van der Waals surface area contributed by atoms with Gasteiger partial charge in [-0.05, 0) is 30.3 Å². The number of thiazole rings is 1. The summed E-state index contributed by atoms with van der Waals surface area (Å²) in [5.41, 5.74) is 2.40. The van der Waals surface area contributed by atoms with Crippen LogP contribution in [0.5, 0.6) is 0 Å². The topological polar surface area (TPSA) is 94.6 Å². The van der Waals surface area contributed by atoms with Crippen LogP contribution >= 0.6 is 11.3 Å². The first kappa shape index (κ1) is 21.9. The van der Waals surface area contributed by atoms with Crippen LogP contribution in [0, 0.1) is 0 Å². The maximum absolute atomic E-state index is 13.1. The number of rotatable bonds is 5. The molecule has 3 aromatic rings. The molecular weight excluding hydrogens is 426 g/mol. The quantitative estimate of drug-likeness (QED) is 0.621. The van der Waals surface area contributed by atoms with Gasteiger partial charge in [0, 0.05) is 57.0 Å². The molecule has 0 unspecified atom stereocenters. The second-order valence-electron chi connectivity index (χ2n) is 7.81. The number of benzene rings is 2. The van der Waals surface area contributed by atoms with E-state index in [9.17, 15) is 14.4 Å². The number of anilines is 2. The van der Waals surface area contributed by atoms with Crippen molar-refractivity contribution in [3.05, 3.63) is 53.0 Å². The first-order valence-electron chi connectivity index (χ1n) is 10.4. The molecule has 1 fully saturated rings. The molecule has 0 atom stereocenters. The lowest BCUT2D eigenvalue weighted by atomic mass is 10.1. The van der Waals surface area contributed by atoms with E-state index in [1.54, 1.807) is 34.4 Å². The number of amides is 3. The third-order valence-corrected chi connectivity index (χ3v) is 6.20. The molecular formula is C23H25N5O3S. The number of carbonyl (C=O) groups is 3. The maximum Gasteiger partial charge on any atom is 0.254 e. The molecule has 1 aliphatic rings. The number of carbonyl (C=O) groups excluding carboxylic acids is 3. The molecule has 2 N–H and O–H groups in total. The molecule has 0 radical (unpaired) electrons. The van der Waals surface area contributed by atoms with Gasteiger partial charge in [-0.3, -0.25) is 19.3 Å². The molecule has 0 bridgehead atoms. The summed E-state index contributed by atoms with van der Waals surface area (Å²) in [6.45, 7) is 6.28. The molecule has 1 aliphatic heterocycles. The van der Waals surface area contributed by atoms with Crippen LogP contribution in [0.25, 0.3) is 10.2 Å². The van der Waals surface area contributed by atoms with Gasteiger partial charge in [-0.15, -0.1) is 11.3 Å². The largest absolute Gasteiger partial charge is 0.336 e. The minimum absolute atomic E-state index is 0.122. The summed E-state index contributed by atoms with van der Waals surface area (Å²) in [6.07, 6.45) is 0. The fraction of sp³-hybridized carbons (Fsp3) is 0.304. The summed E-state index contributed by atoms with van der Waals surface area (Å²) in [4.78, 5) is 44.9. The molecule has 0 aliphatic carbocycles. The van der Waals surface area contributed by atoms with E-state index in [2.05, 4.69) is 21.6 Å². The van der Waals surface area contributed by atoms with E-state index in [0.29, 0.717) is 30.0 Å². The molecule has 8 nitrogen and oxygen atoms in total. The van der Waals surface area contributed by atoms with Crippen LogP contribution in [0.4, 0.5) is 11.4 Å². The molecule has 0 spiro atoms. The Morgan fingerprint density at radius 1 is 0.938 bits per heavy atom. The van der Waals surface area contributed by atoms with E-state index in [-0.39, 0.29) is 17.7 Å². The highest BCUT2D eigenvalue weighted by molar-refractivity contribution is 7.18. The van der Waals surface area contributed by atoms with Gasteiger partial charge in [0.05, 0.1) is 16.8 Å². The standard InChI is InChI=1S/C23H25N5O3S/c1-15(29)24-18-11-17(12-19(13-18)25-16(2)30)23(31)28-9-7-27(8-10-28)14-22-26-20-5-3-4-6-21(20)32-22/h3-6,11-13H,7-10,14H2,1-2H3,(H,24,29)(H,25,30). The van der Waals surface area contributed by atoms with Gasteiger partial charge in [-0.2, -0.15) is 0 Å². The van der Waals surface area contributed by atoms with Crippen molar-refractivity contribution in [1.29, 1.82) is 0 Å². The normalized spacial score (nSPS) is 14.4. The fourth-order valence-corrected chi connectivity index (χ4v) is 4.78. The van der Waals surface area contributed by atoms with Crippen molar-refractivity contribution < 1.29 is 14.4 Å². The smallest absolute Gasteiger partial charge is 0.254 e. The highest BCUT2D eigenvalue weighted by atomic mass is 32.1. The van der Waals surface area contributed by atoms with Crippen LogP contribution in [-0.2, 0) is 16.1 Å². The lowest BCUT2D eigenvalue weighted by Gasteiger charge is -2.34. The Hall–Kier alpha value is -3.30. The number of para-hydroxylation sites is 1. The van der Waals surface area contributed by atoms with Crippen molar-refractivity contribution in [2.24, 2.45) is 0 Å². The van der Waals surface area contributed by atoms with Gasteiger partial charge in [0.25, 0.3) is 5.91 Å². The average molecular weight is 452 g/mol. The minimum atomic E-state index is -0.244. The molecule has 4 rings (SSSR count). The summed E-state index contributed by atoms with van der Waals surface area (Å²) in [5, 5.41) is 6.45. The average Bonchev–Trinajstić information content (AvgIpc) is 3.15. The molecule has 9 heteroatoms. The number of nitrogens with one attached hydrogen (secondary N) is 2. The van der Waals surface area contributed by atoms with Crippen molar-refractivity contribution in [3.8, 4) is 0 Å². The molecule has 2 heterocycles. The third kappa shape index (κ3) is 5.30. The van der Waals surface area contributed by atoms with E-state index in [4.69, 9.17) is 4.98 Å². The van der Waals surface area contributed by atoms with Gasteiger partial charge in [0.1, 0.15) is 5.01 Å². The summed E-state index contributed by atoms with van der Waals surface area (Å²) >= 11 is 1.71. The maximum atomic E-state index is 13.1. The molecule has 32 heavy (non-hydrogen) atoms. The Balaban J connectivity index is 1.42. The van der Waals surface area contributed by atoms with Gasteiger partial charge in [0.2, 0.25) is 11.8 Å². The lowest BCUT2D eigenvalue weighted by molar-refractivity contribution is -0.115. The van der Waals surface area contributed by atoms with Gasteiger partial charge < -0.3 is 15.5 Å². The van der Waals surface area contributed by atoms with Crippen molar-refractivity contribution in [2.45, 2.75) is 20.4 Å². The van der Waals surface area contributed by atoms with Crippen molar-refractivity contribution in [1.82, 2.24) is 14.8 Å². The Labute approximate surface area is 190 Å². The lowest BCUT2D eigenvalue weighted by Crippen LogP contribution is -2.48. The highest BCUT2D eigenvalue weighted by Gasteiger charge is 2.23. The van der Waals surface area contributed by atoms with Gasteiger partial charge in [-0.25, -0.2) is 4.98 Å². The van der Waals surface area contributed by atoms with Crippen LogP contribution in [0.1, 0.15) is 29.2 Å². The van der Waals surface area contributed by atoms with Crippen LogP contribution in [-0.4, -0.2) is 58.7 Å². The zero-order valence-electron chi connectivity index (χ0n) is 18.1. The van der Waals surface area contributed by atoms with Crippen LogP contribution < -0.4 is 10.6 Å². The molecule has 0 saturated carbocycles. The van der Waals surface area contributed by atoms with Gasteiger partial charge in [0.15, 0.2) is 0 Å². The fourth-order valence-electron chi connectivity index (χ4n) is 3.77. The number of hydrogen-bond donors (Lipinski definition) is 2. The zero-order chi connectivity index (χ0) is 22.7. The van der Waals surface area contributed by atoms with Crippen LogP contribution in [0.3, 0.4) is 0 Å². The van der Waals surface area contributed by atoms with E-state index < -0.39 is 0 Å². The second-order valence-corrected chi connectivity index (χ2v) is 8.92. The van der Waals surface area contributed by atoms with Gasteiger partial charge in [-0.1, -0.05) is 12.1 Å². The number of fused-ring (bicyclic) bond motifs is 1. The Morgan fingerprint density at radius 3 is 2.16 bits per heavy atom. The van der Waals surface area contributed by atoms with E-state index in [1.165, 1.54) is 18.5 Å². The Morgan fingerprint density at radius 2 is 1.56 bits per heavy atom. The highest BCUT2D eigenvalue weighted by Crippen LogP contribution is 2.24. The van der Waals surface area contributed by atoms with E-state index >= 15 is 0 Å². The predicted molar refractivity (Wildman–Crippen MR) is 126 cm³/mol. The third-order valence-electron chi connectivity index (χ3n) is 5.18. The number of piperazine rings is 1. The molecule has 3 amide bonds. The second kappa shape index (κ2) is 9.46. The SMILES string of the molecule is CC(=O)Nc1cc(NC(C)=O)cc(C(=O)N2CCN(Cc3nc4ccccc4s3)CC2)c1. The van der Waals surface area contributed by atoms with E-state index in [0.717, 1.165) is 30.2 Å². The van der Waals surface area contributed by atoms with Crippen molar-refractivity contribution >= 4 is 50.6 Å².